The summed E-state index contributed by atoms with van der Waals surface area (Å²) in [5.41, 5.74) is 3.05. The van der Waals surface area contributed by atoms with E-state index in [1.54, 1.807) is 17.8 Å². The second kappa shape index (κ2) is 12.5. The van der Waals surface area contributed by atoms with Crippen LogP contribution in [0.25, 0.3) is 22.0 Å². The minimum atomic E-state index is -1.06. The van der Waals surface area contributed by atoms with Gasteiger partial charge in [-0.25, -0.2) is 8.78 Å². The van der Waals surface area contributed by atoms with Gasteiger partial charge in [-0.2, -0.15) is 15.2 Å². The standard InChI is InChI=1S/C32H34F2N6O2S/c1-20(33)31(41)40-14-13-39(18-21(40)10-11-35)30-26-16-27(34)25(23-7-3-9-29-24(23)8-5-15-43-29)17-28(26)36-32(37-30)42-19-22-6-4-12-38(22)2/h3,7,9,16-17,21-22H,1,4-6,8,10,12-15,18-19H2,2H3/t21-,22-/m0/s1. The van der Waals surface area contributed by atoms with Crippen molar-refractivity contribution in [2.75, 3.05) is 50.5 Å². The van der Waals surface area contributed by atoms with Gasteiger partial charge in [-0.15, -0.1) is 11.8 Å². The van der Waals surface area contributed by atoms with Gasteiger partial charge in [-0.05, 0) is 74.4 Å². The molecule has 0 radical (unpaired) electrons. The second-order valence-corrected chi connectivity index (χ2v) is 12.5. The lowest BCUT2D eigenvalue weighted by Crippen LogP contribution is -2.55. The predicted molar refractivity (Wildman–Crippen MR) is 163 cm³/mol. The van der Waals surface area contributed by atoms with Gasteiger partial charge in [0.25, 0.3) is 5.91 Å². The number of carbonyl (C=O) groups excluding carboxylic acids is 1. The van der Waals surface area contributed by atoms with Crippen molar-refractivity contribution in [3.63, 3.8) is 0 Å². The highest BCUT2D eigenvalue weighted by Crippen LogP contribution is 2.40. The molecule has 0 unspecified atom stereocenters. The van der Waals surface area contributed by atoms with Gasteiger partial charge in [0.2, 0.25) is 0 Å². The number of hydrogen-bond acceptors (Lipinski definition) is 8. The maximum Gasteiger partial charge on any atom is 0.319 e. The van der Waals surface area contributed by atoms with Gasteiger partial charge in [0.05, 0.1) is 24.0 Å². The molecule has 2 saturated heterocycles. The highest BCUT2D eigenvalue weighted by atomic mass is 32.2. The Hall–Kier alpha value is -3.75. The molecule has 0 N–H and O–H groups in total. The van der Waals surface area contributed by atoms with Crippen LogP contribution in [-0.2, 0) is 11.2 Å². The van der Waals surface area contributed by atoms with E-state index in [1.807, 2.05) is 17.0 Å². The number of halogens is 2. The van der Waals surface area contributed by atoms with Gasteiger partial charge in [0.15, 0.2) is 5.83 Å². The van der Waals surface area contributed by atoms with Gasteiger partial charge in [0.1, 0.15) is 18.2 Å². The number of piperazine rings is 1. The molecule has 3 aliphatic heterocycles. The third-order valence-electron chi connectivity index (χ3n) is 8.67. The Morgan fingerprint density at radius 1 is 1.19 bits per heavy atom. The highest BCUT2D eigenvalue weighted by molar-refractivity contribution is 7.99. The molecule has 11 heteroatoms. The first-order valence-electron chi connectivity index (χ1n) is 14.7. The number of anilines is 1. The molecule has 43 heavy (non-hydrogen) atoms. The van der Waals surface area contributed by atoms with Crippen LogP contribution in [0.2, 0.25) is 0 Å². The van der Waals surface area contributed by atoms with E-state index in [-0.39, 0.29) is 37.4 Å². The number of aromatic nitrogens is 2. The number of ether oxygens (including phenoxy) is 1. The van der Waals surface area contributed by atoms with E-state index in [0.29, 0.717) is 35.4 Å². The summed E-state index contributed by atoms with van der Waals surface area (Å²) in [6.07, 6.45) is 4.06. The zero-order valence-corrected chi connectivity index (χ0v) is 25.0. The van der Waals surface area contributed by atoms with Gasteiger partial charge in [0, 0.05) is 41.5 Å². The van der Waals surface area contributed by atoms with Gasteiger partial charge in [-0.1, -0.05) is 18.7 Å². The van der Waals surface area contributed by atoms with Crippen LogP contribution in [0.4, 0.5) is 14.6 Å². The molecule has 2 aromatic carbocycles. The number of carbonyl (C=O) groups is 1. The molecular formula is C32H34F2N6O2S. The number of fused-ring (bicyclic) bond motifs is 2. The van der Waals surface area contributed by atoms with Gasteiger partial charge < -0.3 is 19.4 Å². The van der Waals surface area contributed by atoms with Crippen LogP contribution in [0.1, 0.15) is 31.2 Å². The Kier molecular flexibility index (Phi) is 8.50. The molecule has 8 nitrogen and oxygen atoms in total. The van der Waals surface area contributed by atoms with E-state index in [9.17, 15) is 14.4 Å². The molecule has 6 rings (SSSR count). The maximum atomic E-state index is 16.0. The van der Waals surface area contributed by atoms with Crippen LogP contribution in [0.3, 0.4) is 0 Å². The van der Waals surface area contributed by atoms with Crippen molar-refractivity contribution in [3.05, 3.63) is 54.1 Å². The molecule has 4 heterocycles. The molecule has 0 spiro atoms. The Morgan fingerprint density at radius 3 is 2.81 bits per heavy atom. The van der Waals surface area contributed by atoms with Crippen molar-refractivity contribution in [3.8, 4) is 23.2 Å². The summed E-state index contributed by atoms with van der Waals surface area (Å²) in [5, 5.41) is 9.97. The number of nitrogens with zero attached hydrogens (tertiary/aromatic N) is 6. The summed E-state index contributed by atoms with van der Waals surface area (Å²) in [5.74, 6) is -0.747. The number of thioether (sulfide) groups is 1. The average molecular weight is 605 g/mol. The summed E-state index contributed by atoms with van der Waals surface area (Å²) in [6.45, 7) is 5.27. The van der Waals surface area contributed by atoms with Crippen molar-refractivity contribution >= 4 is 34.4 Å². The number of likely N-dealkylation sites (tertiary alicyclic amines) is 1. The lowest BCUT2D eigenvalue weighted by molar-refractivity contribution is -0.131. The minimum Gasteiger partial charge on any atom is -0.462 e. The summed E-state index contributed by atoms with van der Waals surface area (Å²) < 4.78 is 36.0. The molecule has 224 valence electrons. The Labute approximate surface area is 254 Å². The molecule has 1 aromatic heterocycles. The summed E-state index contributed by atoms with van der Waals surface area (Å²) in [6, 6.07) is 11.2. The quantitative estimate of drug-likeness (QED) is 0.333. The summed E-state index contributed by atoms with van der Waals surface area (Å²) >= 11 is 1.80. The van der Waals surface area contributed by atoms with E-state index in [2.05, 4.69) is 30.7 Å². The zero-order valence-electron chi connectivity index (χ0n) is 24.2. The van der Waals surface area contributed by atoms with E-state index in [4.69, 9.17) is 14.7 Å². The van der Waals surface area contributed by atoms with E-state index in [0.717, 1.165) is 49.1 Å². The normalized spacial score (nSPS) is 20.6. The fraction of sp³-hybridized carbons (Fsp3) is 0.438. The first kappa shape index (κ1) is 29.3. The van der Waals surface area contributed by atoms with Crippen molar-refractivity contribution in [2.24, 2.45) is 0 Å². The average Bonchev–Trinajstić information content (AvgIpc) is 3.43. The van der Waals surface area contributed by atoms with Crippen LogP contribution >= 0.6 is 11.8 Å². The topological polar surface area (TPSA) is 85.6 Å². The molecule has 3 aliphatic rings. The molecular weight excluding hydrogens is 570 g/mol. The maximum absolute atomic E-state index is 16.0. The van der Waals surface area contributed by atoms with Gasteiger partial charge >= 0.3 is 6.01 Å². The van der Waals surface area contributed by atoms with Crippen molar-refractivity contribution in [1.82, 2.24) is 19.8 Å². The lowest BCUT2D eigenvalue weighted by Gasteiger charge is -2.41. The second-order valence-electron chi connectivity index (χ2n) is 11.4. The van der Waals surface area contributed by atoms with Crippen molar-refractivity contribution < 1.29 is 18.3 Å². The van der Waals surface area contributed by atoms with E-state index < -0.39 is 17.8 Å². The SMILES string of the molecule is C=C(F)C(=O)N1CCN(c2nc(OC[C@@H]3CCCN3C)nc3cc(-c4cccc5c4CCCS5)c(F)cc23)C[C@@H]1CC#N. The Balaban J connectivity index is 1.41. The van der Waals surface area contributed by atoms with Crippen LogP contribution in [0, 0.1) is 17.1 Å². The fourth-order valence-corrected chi connectivity index (χ4v) is 7.45. The number of rotatable bonds is 7. The number of nitriles is 1. The minimum absolute atomic E-state index is 0.00550. The lowest BCUT2D eigenvalue weighted by atomic mass is 9.95. The van der Waals surface area contributed by atoms with Crippen molar-refractivity contribution in [2.45, 2.75) is 49.1 Å². The molecule has 2 fully saturated rings. The first-order valence-corrected chi connectivity index (χ1v) is 15.7. The molecule has 2 atom stereocenters. The molecule has 0 bridgehead atoms. The third-order valence-corrected chi connectivity index (χ3v) is 9.86. The first-order chi connectivity index (χ1) is 20.8. The third kappa shape index (κ3) is 5.91. The van der Waals surface area contributed by atoms with Crippen LogP contribution < -0.4 is 9.64 Å². The summed E-state index contributed by atoms with van der Waals surface area (Å²) in [4.78, 5) is 28.7. The number of amides is 1. The van der Waals surface area contributed by atoms with Crippen LogP contribution in [-0.4, -0.2) is 83.3 Å². The zero-order chi connectivity index (χ0) is 30.1. The fourth-order valence-electron chi connectivity index (χ4n) is 6.38. The molecule has 0 aliphatic carbocycles. The monoisotopic (exact) mass is 604 g/mol. The smallest absolute Gasteiger partial charge is 0.319 e. The number of benzene rings is 2. The van der Waals surface area contributed by atoms with Crippen LogP contribution in [0.15, 0.2) is 47.6 Å². The van der Waals surface area contributed by atoms with E-state index >= 15 is 4.39 Å². The Bertz CT molecular complexity index is 1610. The van der Waals surface area contributed by atoms with E-state index in [1.165, 1.54) is 15.9 Å². The molecule has 3 aromatic rings. The predicted octanol–water partition coefficient (Wildman–Crippen LogP) is 5.36. The van der Waals surface area contributed by atoms with Gasteiger partial charge in [-0.3, -0.25) is 4.79 Å². The largest absolute Gasteiger partial charge is 0.462 e. The molecule has 0 saturated carbocycles. The molecule has 1 amide bonds. The summed E-state index contributed by atoms with van der Waals surface area (Å²) in [7, 11) is 2.07. The number of hydrogen-bond donors (Lipinski definition) is 0. The van der Waals surface area contributed by atoms with Crippen molar-refractivity contribution in [1.29, 1.82) is 5.26 Å². The van der Waals surface area contributed by atoms with Crippen LogP contribution in [0.5, 0.6) is 6.01 Å². The Morgan fingerprint density at radius 2 is 2.05 bits per heavy atom. The number of likely N-dealkylation sites (N-methyl/N-ethyl adjacent to an activating group) is 1. The highest BCUT2D eigenvalue weighted by Gasteiger charge is 2.33.